The number of carbonyl (C=O) groups is 1. The smallest absolute Gasteiger partial charge is 0.293 e. The number of amides is 1. The molecule has 3 aromatic carbocycles. The van der Waals surface area contributed by atoms with Gasteiger partial charge in [-0.1, -0.05) is 48.5 Å². The molecule has 0 aliphatic rings. The Morgan fingerprint density at radius 1 is 1.04 bits per heavy atom. The van der Waals surface area contributed by atoms with Gasteiger partial charge in [0, 0.05) is 17.9 Å². The van der Waals surface area contributed by atoms with E-state index in [0.29, 0.717) is 10.9 Å². The number of hydrogen-bond donors (Lipinski definition) is 2. The quantitative estimate of drug-likeness (QED) is 0.465. The summed E-state index contributed by atoms with van der Waals surface area (Å²) in [5, 5.41) is 12.6. The molecule has 28 heavy (non-hydrogen) atoms. The molecule has 3 rings (SSSR count). The number of para-hydroxylation sites is 1. The highest BCUT2D eigenvalue weighted by Gasteiger charge is 2.25. The number of nitrogens with one attached hydrogen (secondary N) is 1. The molecule has 0 aliphatic heterocycles. The van der Waals surface area contributed by atoms with Crippen LogP contribution in [-0.2, 0) is 21.2 Å². The molecule has 0 heterocycles. The molecular weight excluding hydrogens is 382 g/mol. The van der Waals surface area contributed by atoms with Crippen LogP contribution >= 0.6 is 0 Å². The number of carbonyl (C=O) groups excluding carboxylic acids is 1. The fourth-order valence-corrected chi connectivity index (χ4v) is 4.29. The number of anilines is 1. The van der Waals surface area contributed by atoms with Gasteiger partial charge in [-0.15, -0.1) is 0 Å². The third kappa shape index (κ3) is 3.94. The molecule has 3 N–H and O–H groups in total. The molecule has 0 aliphatic carbocycles. The van der Waals surface area contributed by atoms with Crippen molar-refractivity contribution in [3.05, 3.63) is 76.3 Å². The van der Waals surface area contributed by atoms with Crippen LogP contribution in [0.4, 0.5) is 11.4 Å². The molecule has 1 amide bonds. The van der Waals surface area contributed by atoms with Crippen molar-refractivity contribution in [2.75, 3.05) is 4.72 Å². The first-order valence-corrected chi connectivity index (χ1v) is 9.83. The van der Waals surface area contributed by atoms with Gasteiger partial charge in [0.25, 0.3) is 15.7 Å². The monoisotopic (exact) mass is 399 g/mol. The number of nitro benzene ring substituents is 1. The molecule has 0 unspecified atom stereocenters. The second kappa shape index (κ2) is 7.65. The highest BCUT2D eigenvalue weighted by atomic mass is 32.2. The minimum atomic E-state index is -4.13. The zero-order valence-corrected chi connectivity index (χ0v) is 15.5. The standard InChI is InChI=1S/C19H17N3O5S/c20-18(23)12-11-14-7-3-9-16(22(24)25)19(14)21-28(26,27)17-10-4-6-13-5-1-2-8-15(13)17/h1-10,21H,11-12H2,(H2,20,23). The Labute approximate surface area is 161 Å². The maximum atomic E-state index is 13.1. The Morgan fingerprint density at radius 2 is 1.71 bits per heavy atom. The van der Waals surface area contributed by atoms with Crippen LogP contribution in [0.15, 0.2) is 65.6 Å². The van der Waals surface area contributed by atoms with E-state index in [-0.39, 0.29) is 23.4 Å². The highest BCUT2D eigenvalue weighted by Crippen LogP contribution is 2.32. The van der Waals surface area contributed by atoms with Gasteiger partial charge in [-0.25, -0.2) is 8.42 Å². The summed E-state index contributed by atoms with van der Waals surface area (Å²) >= 11 is 0. The first-order valence-electron chi connectivity index (χ1n) is 8.35. The summed E-state index contributed by atoms with van der Waals surface area (Å²) in [5.74, 6) is -0.589. The van der Waals surface area contributed by atoms with Gasteiger partial charge in [-0.3, -0.25) is 19.6 Å². The van der Waals surface area contributed by atoms with Crippen molar-refractivity contribution in [2.45, 2.75) is 17.7 Å². The Balaban J connectivity index is 2.11. The Hall–Kier alpha value is -3.46. The van der Waals surface area contributed by atoms with Crippen LogP contribution in [0.1, 0.15) is 12.0 Å². The van der Waals surface area contributed by atoms with E-state index in [0.717, 1.165) is 5.39 Å². The van der Waals surface area contributed by atoms with Crippen LogP contribution in [0, 0.1) is 10.1 Å². The number of hydrogen-bond acceptors (Lipinski definition) is 5. The second-order valence-electron chi connectivity index (χ2n) is 6.12. The van der Waals surface area contributed by atoms with Crippen molar-refractivity contribution in [1.82, 2.24) is 0 Å². The summed E-state index contributed by atoms with van der Waals surface area (Å²) in [4.78, 5) is 21.9. The molecule has 144 valence electrons. The average Bonchev–Trinajstić information content (AvgIpc) is 2.66. The van der Waals surface area contributed by atoms with Gasteiger partial charge in [0.05, 0.1) is 9.82 Å². The Morgan fingerprint density at radius 3 is 2.43 bits per heavy atom. The van der Waals surface area contributed by atoms with Gasteiger partial charge in [0.15, 0.2) is 0 Å². The van der Waals surface area contributed by atoms with E-state index in [2.05, 4.69) is 4.72 Å². The molecule has 0 atom stereocenters. The van der Waals surface area contributed by atoms with Gasteiger partial charge in [-0.05, 0) is 23.4 Å². The van der Waals surface area contributed by atoms with Crippen LogP contribution in [-0.4, -0.2) is 19.2 Å². The third-order valence-corrected chi connectivity index (χ3v) is 5.65. The summed E-state index contributed by atoms with van der Waals surface area (Å²) < 4.78 is 28.5. The van der Waals surface area contributed by atoms with E-state index in [4.69, 9.17) is 5.73 Å². The number of nitro groups is 1. The van der Waals surface area contributed by atoms with Gasteiger partial charge < -0.3 is 5.73 Å². The van der Waals surface area contributed by atoms with Gasteiger partial charge >= 0.3 is 0 Å². The number of benzene rings is 3. The van der Waals surface area contributed by atoms with Gasteiger partial charge in [0.1, 0.15) is 5.69 Å². The number of rotatable bonds is 7. The summed E-state index contributed by atoms with van der Waals surface area (Å²) in [6.07, 6.45) is 0.00850. The van der Waals surface area contributed by atoms with E-state index in [1.165, 1.54) is 24.3 Å². The lowest BCUT2D eigenvalue weighted by atomic mass is 10.1. The van der Waals surface area contributed by atoms with Crippen LogP contribution < -0.4 is 10.5 Å². The number of fused-ring (bicyclic) bond motifs is 1. The van der Waals surface area contributed by atoms with Crippen LogP contribution in [0.3, 0.4) is 0 Å². The number of nitrogens with zero attached hydrogens (tertiary/aromatic N) is 1. The zero-order chi connectivity index (χ0) is 20.3. The van der Waals surface area contributed by atoms with E-state index in [9.17, 15) is 23.3 Å². The van der Waals surface area contributed by atoms with E-state index >= 15 is 0 Å². The topological polar surface area (TPSA) is 132 Å². The van der Waals surface area contributed by atoms with Crippen molar-refractivity contribution in [3.8, 4) is 0 Å². The normalized spacial score (nSPS) is 11.3. The van der Waals surface area contributed by atoms with E-state index in [1.807, 2.05) is 0 Å². The fraction of sp³-hybridized carbons (Fsp3) is 0.105. The number of sulfonamides is 1. The van der Waals surface area contributed by atoms with Crippen LogP contribution in [0.2, 0.25) is 0 Å². The van der Waals surface area contributed by atoms with Crippen LogP contribution in [0.25, 0.3) is 10.8 Å². The lowest BCUT2D eigenvalue weighted by Crippen LogP contribution is -2.17. The molecule has 0 radical (unpaired) electrons. The molecule has 8 nitrogen and oxygen atoms in total. The highest BCUT2D eigenvalue weighted by molar-refractivity contribution is 7.93. The predicted octanol–water partition coefficient (Wildman–Crippen LogP) is 2.97. The summed E-state index contributed by atoms with van der Waals surface area (Å²) in [5.41, 5.74) is 4.91. The Bertz CT molecular complexity index is 1170. The number of primary amides is 1. The average molecular weight is 399 g/mol. The predicted molar refractivity (Wildman–Crippen MR) is 105 cm³/mol. The van der Waals surface area contributed by atoms with Crippen molar-refractivity contribution >= 4 is 38.1 Å². The first kappa shape index (κ1) is 19.3. The number of nitrogens with two attached hydrogens (primary N) is 1. The maximum Gasteiger partial charge on any atom is 0.293 e. The van der Waals surface area contributed by atoms with Gasteiger partial charge in [0.2, 0.25) is 5.91 Å². The largest absolute Gasteiger partial charge is 0.370 e. The lowest BCUT2D eigenvalue weighted by molar-refractivity contribution is -0.383. The van der Waals surface area contributed by atoms with Crippen molar-refractivity contribution in [2.24, 2.45) is 5.73 Å². The van der Waals surface area contributed by atoms with Crippen LogP contribution in [0.5, 0.6) is 0 Å². The van der Waals surface area contributed by atoms with Gasteiger partial charge in [-0.2, -0.15) is 0 Å². The maximum absolute atomic E-state index is 13.1. The zero-order valence-electron chi connectivity index (χ0n) is 14.7. The summed E-state index contributed by atoms with van der Waals surface area (Å²) in [7, 11) is -4.13. The van der Waals surface area contributed by atoms with E-state index < -0.39 is 26.5 Å². The molecule has 3 aromatic rings. The molecule has 0 saturated carbocycles. The minimum absolute atomic E-state index is 0.00426. The molecule has 9 heteroatoms. The molecule has 0 saturated heterocycles. The second-order valence-corrected chi connectivity index (χ2v) is 7.77. The molecule has 0 aromatic heterocycles. The Kier molecular flexibility index (Phi) is 5.27. The molecule has 0 bridgehead atoms. The van der Waals surface area contributed by atoms with Crippen molar-refractivity contribution in [3.63, 3.8) is 0 Å². The molecule has 0 fully saturated rings. The molecular formula is C19H17N3O5S. The SMILES string of the molecule is NC(=O)CCc1cccc([N+](=O)[O-])c1NS(=O)(=O)c1cccc2ccccc12. The van der Waals surface area contributed by atoms with Crippen molar-refractivity contribution in [1.29, 1.82) is 0 Å². The lowest BCUT2D eigenvalue weighted by Gasteiger charge is -2.14. The number of aryl methyl sites for hydroxylation is 1. The summed E-state index contributed by atoms with van der Waals surface area (Å²) in [6, 6.07) is 15.9. The fourth-order valence-electron chi connectivity index (χ4n) is 2.94. The first-order chi connectivity index (χ1) is 13.3. The summed E-state index contributed by atoms with van der Waals surface area (Å²) in [6.45, 7) is 0. The third-order valence-electron chi connectivity index (χ3n) is 4.24. The minimum Gasteiger partial charge on any atom is -0.370 e. The van der Waals surface area contributed by atoms with Crippen molar-refractivity contribution < 1.29 is 18.1 Å². The van der Waals surface area contributed by atoms with E-state index in [1.54, 1.807) is 36.4 Å². The molecule has 0 spiro atoms.